The molecule has 3 rings (SSSR count). The minimum absolute atomic E-state index is 0.0382. The summed E-state index contributed by atoms with van der Waals surface area (Å²) in [7, 11) is 1.66. The summed E-state index contributed by atoms with van der Waals surface area (Å²) >= 11 is 6.30. The van der Waals surface area contributed by atoms with Crippen molar-refractivity contribution < 1.29 is 9.53 Å². The number of carbonyl (C=O) groups excluding carboxylic acids is 1. The van der Waals surface area contributed by atoms with Gasteiger partial charge in [-0.1, -0.05) is 23.7 Å². The second kappa shape index (κ2) is 7.74. The lowest BCUT2D eigenvalue weighted by Crippen LogP contribution is -2.35. The Morgan fingerprint density at radius 2 is 1.96 bits per heavy atom. The second-order valence-electron chi connectivity index (χ2n) is 5.92. The average Bonchev–Trinajstić information content (AvgIpc) is 3.05. The Kier molecular flexibility index (Phi) is 5.43. The van der Waals surface area contributed by atoms with Crippen molar-refractivity contribution in [2.75, 3.05) is 17.7 Å². The van der Waals surface area contributed by atoms with E-state index in [1.165, 1.54) is 12.5 Å². The van der Waals surface area contributed by atoms with Crippen LogP contribution >= 0.6 is 11.6 Å². The Morgan fingerprint density at radius 1 is 1.20 bits per heavy atom. The van der Waals surface area contributed by atoms with Crippen molar-refractivity contribution in [2.45, 2.75) is 25.6 Å². The summed E-state index contributed by atoms with van der Waals surface area (Å²) in [5.41, 5.74) is 9.19. The van der Waals surface area contributed by atoms with Gasteiger partial charge in [-0.15, -0.1) is 0 Å². The smallest absolute Gasteiger partial charge is 0.221 e. The van der Waals surface area contributed by atoms with Gasteiger partial charge in [0.2, 0.25) is 5.91 Å². The van der Waals surface area contributed by atoms with E-state index >= 15 is 0 Å². The highest BCUT2D eigenvalue weighted by Gasteiger charge is 2.25. The molecule has 1 aliphatic heterocycles. The maximum Gasteiger partial charge on any atom is 0.221 e. The molecule has 1 saturated heterocycles. The SMILES string of the molecule is COc1ccc(C2CC(Nc3ccc(NC(C)=O)cc3Cl)NN2)cc1. The van der Waals surface area contributed by atoms with E-state index in [2.05, 4.69) is 33.6 Å². The molecule has 2 atom stereocenters. The van der Waals surface area contributed by atoms with Crippen LogP contribution in [0.5, 0.6) is 5.75 Å². The number of carbonyl (C=O) groups is 1. The monoisotopic (exact) mass is 360 g/mol. The number of hydrogen-bond acceptors (Lipinski definition) is 5. The van der Waals surface area contributed by atoms with Crippen molar-refractivity contribution in [1.82, 2.24) is 10.9 Å². The molecule has 6 nitrogen and oxygen atoms in total. The fourth-order valence-electron chi connectivity index (χ4n) is 2.81. The van der Waals surface area contributed by atoms with E-state index in [4.69, 9.17) is 16.3 Å². The summed E-state index contributed by atoms with van der Waals surface area (Å²) in [6.07, 6.45) is 0.895. The lowest BCUT2D eigenvalue weighted by molar-refractivity contribution is -0.114. The zero-order valence-corrected chi connectivity index (χ0v) is 14.9. The van der Waals surface area contributed by atoms with Gasteiger partial charge in [-0.25, -0.2) is 10.9 Å². The van der Waals surface area contributed by atoms with Crippen LogP contribution in [0.2, 0.25) is 5.02 Å². The molecule has 2 aromatic carbocycles. The summed E-state index contributed by atoms with van der Waals surface area (Å²) in [6.45, 7) is 1.47. The third kappa shape index (κ3) is 4.42. The molecule has 4 N–H and O–H groups in total. The van der Waals surface area contributed by atoms with Gasteiger partial charge in [0, 0.05) is 25.1 Å². The van der Waals surface area contributed by atoms with E-state index in [1.807, 2.05) is 24.3 Å². The Labute approximate surface area is 151 Å². The first kappa shape index (κ1) is 17.5. The van der Waals surface area contributed by atoms with Crippen LogP contribution in [0.15, 0.2) is 42.5 Å². The van der Waals surface area contributed by atoms with Crippen LogP contribution in [0.4, 0.5) is 11.4 Å². The van der Waals surface area contributed by atoms with E-state index in [9.17, 15) is 4.79 Å². The molecule has 0 aromatic heterocycles. The molecule has 0 radical (unpaired) electrons. The van der Waals surface area contributed by atoms with E-state index in [-0.39, 0.29) is 18.1 Å². The highest BCUT2D eigenvalue weighted by Crippen LogP contribution is 2.29. The molecule has 2 unspecified atom stereocenters. The van der Waals surface area contributed by atoms with E-state index < -0.39 is 0 Å². The fraction of sp³-hybridized carbons (Fsp3) is 0.278. The van der Waals surface area contributed by atoms with Crippen LogP contribution in [-0.4, -0.2) is 19.2 Å². The molecule has 132 valence electrons. The van der Waals surface area contributed by atoms with Crippen molar-refractivity contribution in [3.63, 3.8) is 0 Å². The number of ether oxygens (including phenoxy) is 1. The molecule has 1 amide bonds. The topological polar surface area (TPSA) is 74.4 Å². The van der Waals surface area contributed by atoms with Crippen molar-refractivity contribution >= 4 is 28.9 Å². The summed E-state index contributed by atoms with van der Waals surface area (Å²) in [6, 6.07) is 13.6. The van der Waals surface area contributed by atoms with Crippen molar-refractivity contribution in [2.24, 2.45) is 0 Å². The van der Waals surface area contributed by atoms with Crippen LogP contribution in [-0.2, 0) is 4.79 Å². The van der Waals surface area contributed by atoms with E-state index in [0.29, 0.717) is 10.7 Å². The first-order valence-corrected chi connectivity index (χ1v) is 8.41. The van der Waals surface area contributed by atoms with E-state index in [0.717, 1.165) is 17.9 Å². The number of methoxy groups -OCH3 is 1. The Balaban J connectivity index is 1.61. The number of rotatable bonds is 5. The molecular formula is C18H21ClN4O2. The molecule has 0 aliphatic carbocycles. The van der Waals surface area contributed by atoms with Crippen LogP contribution in [0, 0.1) is 0 Å². The van der Waals surface area contributed by atoms with Crippen LogP contribution in [0.25, 0.3) is 0 Å². The number of nitrogens with one attached hydrogen (secondary N) is 4. The van der Waals surface area contributed by atoms with Gasteiger partial charge >= 0.3 is 0 Å². The fourth-order valence-corrected chi connectivity index (χ4v) is 3.04. The minimum Gasteiger partial charge on any atom is -0.497 e. The van der Waals surface area contributed by atoms with Gasteiger partial charge in [-0.3, -0.25) is 4.79 Å². The molecule has 0 bridgehead atoms. The largest absolute Gasteiger partial charge is 0.497 e. The minimum atomic E-state index is -0.124. The highest BCUT2D eigenvalue weighted by molar-refractivity contribution is 6.33. The molecule has 7 heteroatoms. The Hall–Kier alpha value is -2.28. The van der Waals surface area contributed by atoms with Gasteiger partial charge in [-0.2, -0.15) is 0 Å². The number of anilines is 2. The zero-order chi connectivity index (χ0) is 17.8. The number of halogens is 1. The van der Waals surface area contributed by atoms with Gasteiger partial charge in [0.05, 0.1) is 24.0 Å². The third-order valence-electron chi connectivity index (χ3n) is 4.04. The molecule has 2 aromatic rings. The second-order valence-corrected chi connectivity index (χ2v) is 6.33. The maximum atomic E-state index is 11.1. The normalized spacial score (nSPS) is 19.5. The number of amides is 1. The third-order valence-corrected chi connectivity index (χ3v) is 4.35. The van der Waals surface area contributed by atoms with Crippen molar-refractivity contribution in [3.05, 3.63) is 53.1 Å². The zero-order valence-electron chi connectivity index (χ0n) is 14.1. The molecule has 0 spiro atoms. The standard InChI is InChI=1S/C18H21ClN4O2/c1-11(24)20-13-5-8-16(15(19)9-13)21-18-10-17(22-23-18)12-3-6-14(25-2)7-4-12/h3-9,17-18,21-23H,10H2,1-2H3,(H,20,24). The molecule has 0 saturated carbocycles. The van der Waals surface area contributed by atoms with Gasteiger partial charge in [0.1, 0.15) is 5.75 Å². The van der Waals surface area contributed by atoms with Gasteiger partial charge < -0.3 is 15.4 Å². The molecule has 1 heterocycles. The first-order valence-electron chi connectivity index (χ1n) is 8.04. The number of benzene rings is 2. The quantitative estimate of drug-likeness (QED) is 0.658. The van der Waals surface area contributed by atoms with Crippen LogP contribution in [0.3, 0.4) is 0 Å². The molecule has 25 heavy (non-hydrogen) atoms. The average molecular weight is 361 g/mol. The summed E-state index contributed by atoms with van der Waals surface area (Å²) in [5.74, 6) is 0.719. The maximum absolute atomic E-state index is 11.1. The lowest BCUT2D eigenvalue weighted by atomic mass is 10.0. The van der Waals surface area contributed by atoms with Gasteiger partial charge in [0.15, 0.2) is 0 Å². The van der Waals surface area contributed by atoms with Gasteiger partial charge in [-0.05, 0) is 35.9 Å². The van der Waals surface area contributed by atoms with E-state index in [1.54, 1.807) is 13.2 Å². The first-order chi connectivity index (χ1) is 12.0. The number of hydrazine groups is 1. The predicted molar refractivity (Wildman–Crippen MR) is 99.8 cm³/mol. The summed E-state index contributed by atoms with van der Waals surface area (Å²) in [4.78, 5) is 11.1. The highest BCUT2D eigenvalue weighted by atomic mass is 35.5. The Bertz CT molecular complexity index is 751. The summed E-state index contributed by atoms with van der Waals surface area (Å²) in [5, 5.41) is 6.64. The van der Waals surface area contributed by atoms with Crippen LogP contribution in [0.1, 0.15) is 24.9 Å². The lowest BCUT2D eigenvalue weighted by Gasteiger charge is -2.16. The molecule has 1 fully saturated rings. The van der Waals surface area contributed by atoms with Crippen LogP contribution < -0.4 is 26.2 Å². The molecule has 1 aliphatic rings. The molecular weight excluding hydrogens is 340 g/mol. The number of hydrogen-bond donors (Lipinski definition) is 4. The predicted octanol–water partition coefficient (Wildman–Crippen LogP) is 3.28. The summed E-state index contributed by atoms with van der Waals surface area (Å²) < 4.78 is 5.19. The Morgan fingerprint density at radius 3 is 2.60 bits per heavy atom. The van der Waals surface area contributed by atoms with Gasteiger partial charge in [0.25, 0.3) is 0 Å². The van der Waals surface area contributed by atoms with Crippen molar-refractivity contribution in [1.29, 1.82) is 0 Å². The van der Waals surface area contributed by atoms with Crippen molar-refractivity contribution in [3.8, 4) is 5.75 Å².